The van der Waals surface area contributed by atoms with Gasteiger partial charge >= 0.3 is 0 Å². The number of hydrogen-bond acceptors (Lipinski definition) is 1. The van der Waals surface area contributed by atoms with Crippen LogP contribution in [0.25, 0.3) is 0 Å². The SMILES string of the molecule is CC[C@H](C[C@@H](C)C1CCC2C3CC=C4CC(O)CCC4(C)C3CCC21C)[C@H]1C[C@@H]1C. The summed E-state index contributed by atoms with van der Waals surface area (Å²) in [5, 5.41) is 10.3. The molecule has 5 rings (SSSR count). The zero-order valence-corrected chi connectivity index (χ0v) is 20.5. The standard InChI is InChI=1S/C29H48O/c1-6-20(24-16-18(24)2)15-19(3)25-9-10-26-23-8-7-21-17-22(30)11-13-28(21,4)27(23)12-14-29(25,26)5/h7,18-20,22-27,30H,6,8-17H2,1-5H3/t18-,19+,20+,22?,23?,24-,25?,26?,27?,28?,29?/m0/s1. The number of hydrogen-bond donors (Lipinski definition) is 1. The molecule has 5 aliphatic carbocycles. The minimum atomic E-state index is -0.0767. The summed E-state index contributed by atoms with van der Waals surface area (Å²) in [6.45, 7) is 12.8. The largest absolute Gasteiger partial charge is 0.393 e. The molecule has 11 atom stereocenters. The Bertz CT molecular complexity index is 680. The van der Waals surface area contributed by atoms with Crippen molar-refractivity contribution >= 4 is 0 Å². The lowest BCUT2D eigenvalue weighted by Gasteiger charge is -2.58. The van der Waals surface area contributed by atoms with E-state index < -0.39 is 0 Å². The third kappa shape index (κ3) is 3.27. The summed E-state index contributed by atoms with van der Waals surface area (Å²) in [6.07, 6.45) is 17.3. The van der Waals surface area contributed by atoms with Crippen LogP contribution in [0, 0.1) is 58.2 Å². The molecule has 0 bridgehead atoms. The summed E-state index contributed by atoms with van der Waals surface area (Å²) >= 11 is 0. The van der Waals surface area contributed by atoms with E-state index in [4.69, 9.17) is 0 Å². The fourth-order valence-electron chi connectivity index (χ4n) is 9.91. The van der Waals surface area contributed by atoms with E-state index in [1.54, 1.807) is 5.57 Å². The van der Waals surface area contributed by atoms with Crippen molar-refractivity contribution in [3.63, 3.8) is 0 Å². The van der Waals surface area contributed by atoms with Gasteiger partial charge in [0, 0.05) is 0 Å². The van der Waals surface area contributed by atoms with E-state index in [0.29, 0.717) is 10.8 Å². The summed E-state index contributed by atoms with van der Waals surface area (Å²) in [5.74, 6) is 7.64. The van der Waals surface area contributed by atoms with Crippen LogP contribution in [0.1, 0.15) is 105 Å². The summed E-state index contributed by atoms with van der Waals surface area (Å²) in [7, 11) is 0. The van der Waals surface area contributed by atoms with Crippen molar-refractivity contribution in [3.8, 4) is 0 Å². The van der Waals surface area contributed by atoms with Gasteiger partial charge in [0.15, 0.2) is 0 Å². The van der Waals surface area contributed by atoms with Crippen LogP contribution in [0.2, 0.25) is 0 Å². The van der Waals surface area contributed by atoms with Gasteiger partial charge in [-0.15, -0.1) is 0 Å². The number of aliphatic hydroxyl groups excluding tert-OH is 1. The van der Waals surface area contributed by atoms with Crippen molar-refractivity contribution in [2.75, 3.05) is 0 Å². The van der Waals surface area contributed by atoms with Crippen molar-refractivity contribution < 1.29 is 5.11 Å². The minimum absolute atomic E-state index is 0.0767. The molecule has 0 aliphatic heterocycles. The molecular weight excluding hydrogens is 364 g/mol. The van der Waals surface area contributed by atoms with E-state index in [0.717, 1.165) is 60.2 Å². The van der Waals surface area contributed by atoms with Gasteiger partial charge in [-0.25, -0.2) is 0 Å². The van der Waals surface area contributed by atoms with Crippen molar-refractivity contribution in [2.45, 2.75) is 111 Å². The van der Waals surface area contributed by atoms with E-state index in [2.05, 4.69) is 40.7 Å². The van der Waals surface area contributed by atoms with Gasteiger partial charge in [0.05, 0.1) is 6.10 Å². The van der Waals surface area contributed by atoms with Crippen molar-refractivity contribution in [1.82, 2.24) is 0 Å². The lowest BCUT2D eigenvalue weighted by Crippen LogP contribution is -2.50. The third-order valence-electron chi connectivity index (χ3n) is 11.8. The molecular formula is C29H48O. The van der Waals surface area contributed by atoms with Crippen LogP contribution in [-0.4, -0.2) is 11.2 Å². The molecule has 4 fully saturated rings. The molecule has 0 aromatic rings. The van der Waals surface area contributed by atoms with Gasteiger partial charge in [0.1, 0.15) is 0 Å². The molecule has 0 radical (unpaired) electrons. The maximum atomic E-state index is 10.3. The predicted octanol–water partition coefficient (Wildman–Crippen LogP) is 7.63. The highest BCUT2D eigenvalue weighted by atomic mass is 16.3. The fraction of sp³-hybridized carbons (Fsp3) is 0.931. The van der Waals surface area contributed by atoms with Gasteiger partial charge < -0.3 is 5.11 Å². The molecule has 0 spiro atoms. The summed E-state index contributed by atoms with van der Waals surface area (Å²) in [5.41, 5.74) is 2.60. The van der Waals surface area contributed by atoms with Crippen molar-refractivity contribution in [1.29, 1.82) is 0 Å². The number of aliphatic hydroxyl groups is 1. The van der Waals surface area contributed by atoms with Gasteiger partial charge in [0.2, 0.25) is 0 Å². The monoisotopic (exact) mass is 412 g/mol. The van der Waals surface area contributed by atoms with E-state index in [9.17, 15) is 5.11 Å². The van der Waals surface area contributed by atoms with Crippen molar-refractivity contribution in [2.24, 2.45) is 58.2 Å². The average Bonchev–Trinajstić information content (AvgIpc) is 3.32. The highest BCUT2D eigenvalue weighted by Gasteiger charge is 2.59. The van der Waals surface area contributed by atoms with E-state index in [-0.39, 0.29) is 6.10 Å². The number of rotatable bonds is 5. The molecule has 30 heavy (non-hydrogen) atoms. The van der Waals surface area contributed by atoms with Crippen LogP contribution in [0.3, 0.4) is 0 Å². The molecule has 4 saturated carbocycles. The van der Waals surface area contributed by atoms with Crippen LogP contribution >= 0.6 is 0 Å². The minimum Gasteiger partial charge on any atom is -0.393 e. The Kier molecular flexibility index (Phi) is 5.48. The summed E-state index contributed by atoms with van der Waals surface area (Å²) in [6, 6.07) is 0. The summed E-state index contributed by atoms with van der Waals surface area (Å²) in [4.78, 5) is 0. The first-order valence-corrected chi connectivity index (χ1v) is 13.7. The number of allylic oxidation sites excluding steroid dienone is 1. The van der Waals surface area contributed by atoms with E-state index in [1.807, 2.05) is 0 Å². The molecule has 7 unspecified atom stereocenters. The number of fused-ring (bicyclic) bond motifs is 5. The van der Waals surface area contributed by atoms with Gasteiger partial charge in [-0.2, -0.15) is 0 Å². The van der Waals surface area contributed by atoms with Gasteiger partial charge in [0.25, 0.3) is 0 Å². The molecule has 0 aromatic carbocycles. The molecule has 0 saturated heterocycles. The van der Waals surface area contributed by atoms with E-state index in [1.165, 1.54) is 57.8 Å². The van der Waals surface area contributed by atoms with Crippen LogP contribution < -0.4 is 0 Å². The predicted molar refractivity (Wildman–Crippen MR) is 126 cm³/mol. The first-order chi connectivity index (χ1) is 14.3. The highest BCUT2D eigenvalue weighted by Crippen LogP contribution is 2.67. The normalized spacial score (nSPS) is 51.9. The topological polar surface area (TPSA) is 20.2 Å². The Hall–Kier alpha value is -0.300. The quantitative estimate of drug-likeness (QED) is 0.460. The van der Waals surface area contributed by atoms with E-state index >= 15 is 0 Å². The second-order valence-corrected chi connectivity index (χ2v) is 13.1. The second kappa shape index (κ2) is 7.64. The smallest absolute Gasteiger partial charge is 0.0577 e. The zero-order chi connectivity index (χ0) is 21.3. The van der Waals surface area contributed by atoms with Crippen LogP contribution in [0.4, 0.5) is 0 Å². The Morgan fingerprint density at radius 3 is 2.57 bits per heavy atom. The molecule has 0 aromatic heterocycles. The maximum absolute atomic E-state index is 10.3. The molecule has 170 valence electrons. The third-order valence-corrected chi connectivity index (χ3v) is 11.8. The zero-order valence-electron chi connectivity index (χ0n) is 20.5. The lowest BCUT2D eigenvalue weighted by atomic mass is 9.47. The summed E-state index contributed by atoms with van der Waals surface area (Å²) < 4.78 is 0. The molecule has 0 amide bonds. The van der Waals surface area contributed by atoms with Gasteiger partial charge in [-0.05, 0) is 122 Å². The van der Waals surface area contributed by atoms with Gasteiger partial charge in [-0.3, -0.25) is 0 Å². The molecule has 5 aliphatic rings. The van der Waals surface area contributed by atoms with Crippen LogP contribution in [-0.2, 0) is 0 Å². The Morgan fingerprint density at radius 2 is 1.87 bits per heavy atom. The van der Waals surface area contributed by atoms with Crippen molar-refractivity contribution in [3.05, 3.63) is 11.6 Å². The molecule has 0 heterocycles. The Balaban J connectivity index is 1.33. The molecule has 1 N–H and O–H groups in total. The highest BCUT2D eigenvalue weighted by molar-refractivity contribution is 5.25. The average molecular weight is 413 g/mol. The first-order valence-electron chi connectivity index (χ1n) is 13.7. The Labute approximate surface area is 186 Å². The first kappa shape index (κ1) is 21.5. The second-order valence-electron chi connectivity index (χ2n) is 13.1. The van der Waals surface area contributed by atoms with Gasteiger partial charge in [-0.1, -0.05) is 52.7 Å². The lowest BCUT2D eigenvalue weighted by molar-refractivity contribution is -0.0582. The molecule has 1 heteroatoms. The Morgan fingerprint density at radius 1 is 1.10 bits per heavy atom. The van der Waals surface area contributed by atoms with Crippen LogP contribution in [0.15, 0.2) is 11.6 Å². The van der Waals surface area contributed by atoms with Crippen LogP contribution in [0.5, 0.6) is 0 Å². The fourth-order valence-corrected chi connectivity index (χ4v) is 9.91. The maximum Gasteiger partial charge on any atom is 0.0577 e. The molecule has 1 nitrogen and oxygen atoms in total.